The summed E-state index contributed by atoms with van der Waals surface area (Å²) in [6, 6.07) is 7.68. The molecule has 2 heterocycles. The van der Waals surface area contributed by atoms with Crippen LogP contribution in [0.4, 0.5) is 10.3 Å². The number of benzene rings is 1. The molecule has 0 atom stereocenters. The third kappa shape index (κ3) is 5.62. The van der Waals surface area contributed by atoms with Gasteiger partial charge in [-0.15, -0.1) is 0 Å². The molecule has 0 unspecified atom stereocenters. The number of rotatable bonds is 6. The van der Waals surface area contributed by atoms with Crippen molar-refractivity contribution in [1.82, 2.24) is 19.8 Å². The van der Waals surface area contributed by atoms with Crippen LogP contribution in [0.3, 0.4) is 0 Å². The van der Waals surface area contributed by atoms with Crippen molar-refractivity contribution in [1.29, 1.82) is 0 Å². The SMILES string of the molecule is CN(C)C(=O)CN1CCC(Nc2nccc(Oc3ccc(F)cc3)n2)CC1. The van der Waals surface area contributed by atoms with Gasteiger partial charge in [0, 0.05) is 45.5 Å². The van der Waals surface area contributed by atoms with Crippen molar-refractivity contribution in [2.45, 2.75) is 18.9 Å². The van der Waals surface area contributed by atoms with E-state index in [2.05, 4.69) is 20.2 Å². The van der Waals surface area contributed by atoms with Crippen molar-refractivity contribution in [3.63, 3.8) is 0 Å². The van der Waals surface area contributed by atoms with Gasteiger partial charge in [0.05, 0.1) is 6.54 Å². The number of hydrogen-bond donors (Lipinski definition) is 1. The number of likely N-dealkylation sites (N-methyl/N-ethyl adjacent to an activating group) is 1. The van der Waals surface area contributed by atoms with Gasteiger partial charge in [0.2, 0.25) is 17.7 Å². The summed E-state index contributed by atoms with van der Waals surface area (Å²) in [6.45, 7) is 2.16. The molecule has 0 spiro atoms. The minimum Gasteiger partial charge on any atom is -0.439 e. The first-order chi connectivity index (χ1) is 13.0. The maximum atomic E-state index is 13.0. The molecule has 1 aromatic carbocycles. The molecule has 1 amide bonds. The number of piperidine rings is 1. The van der Waals surface area contributed by atoms with E-state index >= 15 is 0 Å². The fourth-order valence-electron chi connectivity index (χ4n) is 2.84. The molecule has 1 saturated heterocycles. The molecule has 27 heavy (non-hydrogen) atoms. The van der Waals surface area contributed by atoms with E-state index in [-0.39, 0.29) is 17.8 Å². The van der Waals surface area contributed by atoms with E-state index in [1.807, 2.05) is 0 Å². The lowest BCUT2D eigenvalue weighted by Crippen LogP contribution is -2.44. The lowest BCUT2D eigenvalue weighted by atomic mass is 10.1. The molecule has 144 valence electrons. The van der Waals surface area contributed by atoms with Crippen molar-refractivity contribution in [2.75, 3.05) is 39.0 Å². The summed E-state index contributed by atoms with van der Waals surface area (Å²) in [4.78, 5) is 24.2. The zero-order valence-corrected chi connectivity index (χ0v) is 15.6. The van der Waals surface area contributed by atoms with E-state index in [0.717, 1.165) is 25.9 Å². The topological polar surface area (TPSA) is 70.6 Å². The smallest absolute Gasteiger partial charge is 0.236 e. The van der Waals surface area contributed by atoms with Gasteiger partial charge in [0.15, 0.2) is 0 Å². The number of aromatic nitrogens is 2. The molecule has 1 N–H and O–H groups in total. The first-order valence-electron chi connectivity index (χ1n) is 8.95. The standard InChI is InChI=1S/C19H24FN5O2/c1-24(2)18(26)13-25-11-8-15(9-12-25)22-19-21-10-7-17(23-19)27-16-5-3-14(20)4-6-16/h3-7,10,15H,8-9,11-13H2,1-2H3,(H,21,22,23). The van der Waals surface area contributed by atoms with Gasteiger partial charge in [-0.05, 0) is 37.1 Å². The Morgan fingerprint density at radius 1 is 1.26 bits per heavy atom. The molecule has 0 saturated carbocycles. The van der Waals surface area contributed by atoms with E-state index in [0.29, 0.717) is 24.1 Å². The third-order valence-corrected chi connectivity index (χ3v) is 4.44. The zero-order valence-electron chi connectivity index (χ0n) is 15.6. The van der Waals surface area contributed by atoms with E-state index in [4.69, 9.17) is 4.74 Å². The molecular weight excluding hydrogens is 349 g/mol. The molecule has 0 bridgehead atoms. The van der Waals surface area contributed by atoms with Crippen molar-refractivity contribution in [2.24, 2.45) is 0 Å². The second kappa shape index (κ2) is 8.77. The number of ether oxygens (including phenoxy) is 1. The highest BCUT2D eigenvalue weighted by Crippen LogP contribution is 2.21. The molecule has 7 nitrogen and oxygen atoms in total. The van der Waals surface area contributed by atoms with E-state index in [9.17, 15) is 9.18 Å². The molecule has 1 aliphatic heterocycles. The van der Waals surface area contributed by atoms with Crippen LogP contribution in [0.2, 0.25) is 0 Å². The molecule has 8 heteroatoms. The number of carbonyl (C=O) groups is 1. The summed E-state index contributed by atoms with van der Waals surface area (Å²) in [6.07, 6.45) is 3.44. The molecule has 1 fully saturated rings. The van der Waals surface area contributed by atoms with Gasteiger partial charge >= 0.3 is 0 Å². The fourth-order valence-corrected chi connectivity index (χ4v) is 2.84. The van der Waals surface area contributed by atoms with E-state index < -0.39 is 0 Å². The van der Waals surface area contributed by atoms with Gasteiger partial charge < -0.3 is 15.0 Å². The summed E-state index contributed by atoms with van der Waals surface area (Å²) in [5, 5.41) is 3.33. The average molecular weight is 373 g/mol. The highest BCUT2D eigenvalue weighted by atomic mass is 19.1. The molecule has 3 rings (SSSR count). The molecule has 1 aliphatic rings. The Morgan fingerprint density at radius 3 is 2.63 bits per heavy atom. The maximum absolute atomic E-state index is 13.0. The summed E-state index contributed by atoms with van der Waals surface area (Å²) in [5.41, 5.74) is 0. The largest absolute Gasteiger partial charge is 0.439 e. The highest BCUT2D eigenvalue weighted by molar-refractivity contribution is 5.77. The number of nitrogens with one attached hydrogen (secondary N) is 1. The quantitative estimate of drug-likeness (QED) is 0.838. The Hall–Kier alpha value is -2.74. The number of likely N-dealkylation sites (tertiary alicyclic amines) is 1. The van der Waals surface area contributed by atoms with Crippen LogP contribution in [-0.2, 0) is 4.79 Å². The van der Waals surface area contributed by atoms with Crippen molar-refractivity contribution >= 4 is 11.9 Å². The Labute approximate surface area is 158 Å². The monoisotopic (exact) mass is 373 g/mol. The van der Waals surface area contributed by atoms with Crippen LogP contribution in [0.15, 0.2) is 36.5 Å². The van der Waals surface area contributed by atoms with Gasteiger partial charge in [-0.1, -0.05) is 0 Å². The van der Waals surface area contributed by atoms with Crippen LogP contribution in [0.1, 0.15) is 12.8 Å². The van der Waals surface area contributed by atoms with Gasteiger partial charge in [-0.25, -0.2) is 9.37 Å². The van der Waals surface area contributed by atoms with Crippen LogP contribution in [0.5, 0.6) is 11.6 Å². The van der Waals surface area contributed by atoms with Crippen LogP contribution in [0, 0.1) is 5.82 Å². The van der Waals surface area contributed by atoms with Crippen LogP contribution in [0.25, 0.3) is 0 Å². The van der Waals surface area contributed by atoms with E-state index in [1.54, 1.807) is 43.4 Å². The maximum Gasteiger partial charge on any atom is 0.236 e. The van der Waals surface area contributed by atoms with Crippen molar-refractivity contribution in [3.05, 3.63) is 42.3 Å². The lowest BCUT2D eigenvalue weighted by Gasteiger charge is -2.32. The zero-order chi connectivity index (χ0) is 19.2. The predicted octanol–water partition coefficient (Wildman–Crippen LogP) is 2.37. The average Bonchev–Trinajstić information content (AvgIpc) is 2.65. The highest BCUT2D eigenvalue weighted by Gasteiger charge is 2.22. The van der Waals surface area contributed by atoms with Crippen LogP contribution >= 0.6 is 0 Å². The summed E-state index contributed by atoms with van der Waals surface area (Å²) < 4.78 is 18.6. The molecule has 0 radical (unpaired) electrons. The second-order valence-corrected chi connectivity index (χ2v) is 6.76. The Morgan fingerprint density at radius 2 is 1.96 bits per heavy atom. The number of hydrogen-bond acceptors (Lipinski definition) is 6. The summed E-state index contributed by atoms with van der Waals surface area (Å²) >= 11 is 0. The molecule has 2 aromatic rings. The Balaban J connectivity index is 1.51. The number of halogens is 1. The van der Waals surface area contributed by atoms with Gasteiger partial charge in [0.25, 0.3) is 0 Å². The van der Waals surface area contributed by atoms with Gasteiger partial charge in [-0.3, -0.25) is 9.69 Å². The minimum absolute atomic E-state index is 0.121. The van der Waals surface area contributed by atoms with Crippen molar-refractivity contribution < 1.29 is 13.9 Å². The fraction of sp³-hybridized carbons (Fsp3) is 0.421. The first kappa shape index (κ1) is 19.0. The lowest BCUT2D eigenvalue weighted by molar-refractivity contribution is -0.130. The van der Waals surface area contributed by atoms with Gasteiger partial charge in [-0.2, -0.15) is 4.98 Å². The van der Waals surface area contributed by atoms with E-state index in [1.165, 1.54) is 12.1 Å². The number of nitrogens with zero attached hydrogens (tertiary/aromatic N) is 4. The Bertz CT molecular complexity index is 761. The molecule has 0 aliphatic carbocycles. The third-order valence-electron chi connectivity index (χ3n) is 4.44. The van der Waals surface area contributed by atoms with Crippen molar-refractivity contribution in [3.8, 4) is 11.6 Å². The summed E-state index contributed by atoms with van der Waals surface area (Å²) in [5.74, 6) is 1.21. The van der Waals surface area contributed by atoms with Gasteiger partial charge in [0.1, 0.15) is 11.6 Å². The molecular formula is C19H24FN5O2. The predicted molar refractivity (Wildman–Crippen MR) is 100 cm³/mol. The Kier molecular flexibility index (Phi) is 6.18. The first-order valence-corrected chi connectivity index (χ1v) is 8.95. The summed E-state index contributed by atoms with van der Waals surface area (Å²) in [7, 11) is 3.55. The number of anilines is 1. The second-order valence-electron chi connectivity index (χ2n) is 6.76. The number of amides is 1. The minimum atomic E-state index is -0.314. The number of carbonyl (C=O) groups excluding carboxylic acids is 1. The molecule has 1 aromatic heterocycles. The normalized spacial score (nSPS) is 15.4. The van der Waals surface area contributed by atoms with Crippen LogP contribution in [-0.4, -0.2) is 65.4 Å². The van der Waals surface area contributed by atoms with Crippen LogP contribution < -0.4 is 10.1 Å².